The molecule has 7 nitrogen and oxygen atoms in total. The first kappa shape index (κ1) is 18.8. The molecule has 1 saturated heterocycles. The largest absolute Gasteiger partial charge is 0.465 e. The summed E-state index contributed by atoms with van der Waals surface area (Å²) in [5.74, 6) is -0.408. The molecular weight excluding hydrogens is 348 g/mol. The van der Waals surface area contributed by atoms with Crippen molar-refractivity contribution >= 4 is 12.1 Å². The second-order valence-electron chi connectivity index (χ2n) is 6.61. The molecule has 142 valence electrons. The molecule has 0 saturated carbocycles. The van der Waals surface area contributed by atoms with Crippen molar-refractivity contribution in [1.29, 1.82) is 0 Å². The Labute approximate surface area is 157 Å². The number of nitrogens with zero attached hydrogens (tertiary/aromatic N) is 2. The predicted molar refractivity (Wildman–Crippen MR) is 97.4 cm³/mol. The molecule has 3 rings (SSSR count). The minimum atomic E-state index is -1.04. The number of likely N-dealkylation sites (tertiary alicyclic amines) is 1. The first-order valence-electron chi connectivity index (χ1n) is 8.77. The van der Waals surface area contributed by atoms with Crippen molar-refractivity contribution in [3.8, 4) is 0 Å². The number of esters is 1. The van der Waals surface area contributed by atoms with Gasteiger partial charge in [0.05, 0.1) is 18.7 Å². The lowest BCUT2D eigenvalue weighted by Gasteiger charge is -2.30. The first-order chi connectivity index (χ1) is 13.0. The Morgan fingerprint density at radius 1 is 1.26 bits per heavy atom. The number of aliphatic hydroxyl groups excluding tert-OH is 1. The molecule has 0 aliphatic carbocycles. The van der Waals surface area contributed by atoms with E-state index in [1.54, 1.807) is 48.8 Å². The number of rotatable bonds is 5. The summed E-state index contributed by atoms with van der Waals surface area (Å²) in [4.78, 5) is 28.7. The SMILES string of the molecule is COC(=O)c1ccc(C[C@@H]2CC[C@H](C(O)c3cccnc3)N2C(=O)O)cc1. The Kier molecular flexibility index (Phi) is 5.71. The van der Waals surface area contributed by atoms with Crippen LogP contribution < -0.4 is 0 Å². The number of carboxylic acid groups (broad SMARTS) is 1. The average Bonchev–Trinajstić information content (AvgIpc) is 3.11. The Balaban J connectivity index is 1.74. The Hall–Kier alpha value is -2.93. The molecule has 1 amide bonds. The van der Waals surface area contributed by atoms with Crippen LogP contribution in [-0.4, -0.2) is 51.4 Å². The van der Waals surface area contributed by atoms with Crippen LogP contribution in [0.5, 0.6) is 0 Å². The van der Waals surface area contributed by atoms with Crippen molar-refractivity contribution in [3.05, 3.63) is 65.5 Å². The van der Waals surface area contributed by atoms with E-state index in [0.29, 0.717) is 30.4 Å². The summed E-state index contributed by atoms with van der Waals surface area (Å²) >= 11 is 0. The molecule has 27 heavy (non-hydrogen) atoms. The van der Waals surface area contributed by atoms with Gasteiger partial charge >= 0.3 is 12.1 Å². The van der Waals surface area contributed by atoms with Crippen LogP contribution in [0.3, 0.4) is 0 Å². The normalized spacial score (nSPS) is 20.3. The number of aliphatic hydroxyl groups is 1. The number of methoxy groups -OCH3 is 1. The van der Waals surface area contributed by atoms with Gasteiger partial charge in [0.25, 0.3) is 0 Å². The first-order valence-corrected chi connectivity index (χ1v) is 8.77. The minimum absolute atomic E-state index is 0.234. The van der Waals surface area contributed by atoms with Gasteiger partial charge in [0, 0.05) is 24.0 Å². The number of benzene rings is 1. The van der Waals surface area contributed by atoms with E-state index in [2.05, 4.69) is 9.72 Å². The van der Waals surface area contributed by atoms with Gasteiger partial charge in [-0.1, -0.05) is 18.2 Å². The molecule has 2 aromatic rings. The van der Waals surface area contributed by atoms with Gasteiger partial charge in [-0.15, -0.1) is 0 Å². The van der Waals surface area contributed by atoms with Crippen LogP contribution in [-0.2, 0) is 11.2 Å². The van der Waals surface area contributed by atoms with E-state index in [1.807, 2.05) is 0 Å². The lowest BCUT2D eigenvalue weighted by Crippen LogP contribution is -2.44. The number of pyridine rings is 1. The number of aromatic nitrogens is 1. The molecular formula is C20H22N2O5. The molecule has 2 N–H and O–H groups in total. The summed E-state index contributed by atoms with van der Waals surface area (Å²) in [5.41, 5.74) is 1.99. The van der Waals surface area contributed by atoms with Crippen molar-refractivity contribution in [3.63, 3.8) is 0 Å². The van der Waals surface area contributed by atoms with Gasteiger partial charge in [-0.25, -0.2) is 9.59 Å². The summed E-state index contributed by atoms with van der Waals surface area (Å²) in [7, 11) is 1.33. The van der Waals surface area contributed by atoms with Gasteiger partial charge < -0.3 is 14.9 Å². The quantitative estimate of drug-likeness (QED) is 0.785. The molecule has 1 aliphatic heterocycles. The molecule has 7 heteroatoms. The Morgan fingerprint density at radius 2 is 2.00 bits per heavy atom. The summed E-state index contributed by atoms with van der Waals surface area (Å²) < 4.78 is 4.68. The van der Waals surface area contributed by atoms with E-state index in [4.69, 9.17) is 0 Å². The predicted octanol–water partition coefficient (Wildman–Crippen LogP) is 2.66. The third-order valence-electron chi connectivity index (χ3n) is 5.00. The van der Waals surface area contributed by atoms with Crippen LogP contribution in [0.15, 0.2) is 48.8 Å². The van der Waals surface area contributed by atoms with Crippen LogP contribution in [0.1, 0.15) is 40.4 Å². The van der Waals surface area contributed by atoms with Gasteiger partial charge in [-0.2, -0.15) is 0 Å². The van der Waals surface area contributed by atoms with Crippen LogP contribution in [0, 0.1) is 0 Å². The number of hydrogen-bond donors (Lipinski definition) is 2. The fourth-order valence-corrected chi connectivity index (χ4v) is 3.66. The van der Waals surface area contributed by atoms with E-state index in [-0.39, 0.29) is 6.04 Å². The van der Waals surface area contributed by atoms with Gasteiger partial charge in [0.1, 0.15) is 6.10 Å². The summed E-state index contributed by atoms with van der Waals surface area (Å²) in [5, 5.41) is 20.4. The summed E-state index contributed by atoms with van der Waals surface area (Å²) in [6.07, 6.45) is 2.97. The molecule has 1 unspecified atom stereocenters. The second kappa shape index (κ2) is 8.18. The molecule has 1 aromatic heterocycles. The molecule has 1 aromatic carbocycles. The Bertz CT molecular complexity index is 794. The smallest absolute Gasteiger partial charge is 0.407 e. The van der Waals surface area contributed by atoms with E-state index >= 15 is 0 Å². The van der Waals surface area contributed by atoms with E-state index in [1.165, 1.54) is 12.0 Å². The van der Waals surface area contributed by atoms with E-state index in [0.717, 1.165) is 5.56 Å². The maximum absolute atomic E-state index is 11.9. The molecule has 1 fully saturated rings. The average molecular weight is 370 g/mol. The third-order valence-corrected chi connectivity index (χ3v) is 5.00. The van der Waals surface area contributed by atoms with E-state index < -0.39 is 24.2 Å². The highest BCUT2D eigenvalue weighted by Crippen LogP contribution is 2.34. The van der Waals surface area contributed by atoms with Crippen molar-refractivity contribution in [1.82, 2.24) is 9.88 Å². The molecule has 0 spiro atoms. The van der Waals surface area contributed by atoms with Crippen LogP contribution in [0.4, 0.5) is 4.79 Å². The molecule has 2 heterocycles. The topological polar surface area (TPSA) is 100.0 Å². The zero-order valence-corrected chi connectivity index (χ0v) is 15.0. The van der Waals surface area contributed by atoms with Gasteiger partial charge in [-0.05, 0) is 43.0 Å². The summed E-state index contributed by atoms with van der Waals surface area (Å²) in [6, 6.07) is 9.67. The van der Waals surface area contributed by atoms with Gasteiger partial charge in [-0.3, -0.25) is 9.88 Å². The molecule has 1 aliphatic rings. The van der Waals surface area contributed by atoms with Gasteiger partial charge in [0.15, 0.2) is 0 Å². The second-order valence-corrected chi connectivity index (χ2v) is 6.61. The fourth-order valence-electron chi connectivity index (χ4n) is 3.66. The molecule has 3 atom stereocenters. The van der Waals surface area contributed by atoms with Crippen LogP contribution in [0.25, 0.3) is 0 Å². The highest BCUT2D eigenvalue weighted by molar-refractivity contribution is 5.89. The third kappa shape index (κ3) is 4.09. The van der Waals surface area contributed by atoms with Gasteiger partial charge in [0.2, 0.25) is 0 Å². The number of carbonyl (C=O) groups is 2. The standard InChI is InChI=1S/C20H22N2O5/c1-27-19(24)14-6-4-13(5-7-14)11-16-8-9-17(22(16)20(25)26)18(23)15-3-2-10-21-12-15/h2-7,10,12,16-18,23H,8-9,11H2,1H3,(H,25,26)/t16-,17+,18?/m0/s1. The van der Waals surface area contributed by atoms with Crippen molar-refractivity contribution in [2.45, 2.75) is 37.5 Å². The fraction of sp³-hybridized carbons (Fsp3) is 0.350. The molecule has 0 bridgehead atoms. The lowest BCUT2D eigenvalue weighted by atomic mass is 10.0. The van der Waals surface area contributed by atoms with Crippen molar-refractivity contribution < 1.29 is 24.5 Å². The number of ether oxygens (including phenoxy) is 1. The number of amides is 1. The Morgan fingerprint density at radius 3 is 2.59 bits per heavy atom. The maximum atomic E-state index is 11.9. The minimum Gasteiger partial charge on any atom is -0.465 e. The number of carbonyl (C=O) groups excluding carboxylic acids is 1. The maximum Gasteiger partial charge on any atom is 0.407 e. The van der Waals surface area contributed by atoms with E-state index in [9.17, 15) is 19.8 Å². The number of hydrogen-bond acceptors (Lipinski definition) is 5. The zero-order valence-electron chi connectivity index (χ0n) is 15.0. The lowest BCUT2D eigenvalue weighted by molar-refractivity contribution is 0.0539. The monoisotopic (exact) mass is 370 g/mol. The van der Waals surface area contributed by atoms with Crippen LogP contribution >= 0.6 is 0 Å². The van der Waals surface area contributed by atoms with Crippen LogP contribution in [0.2, 0.25) is 0 Å². The van der Waals surface area contributed by atoms with Crippen molar-refractivity contribution in [2.75, 3.05) is 7.11 Å². The highest BCUT2D eigenvalue weighted by Gasteiger charge is 2.41. The summed E-state index contributed by atoms with van der Waals surface area (Å²) in [6.45, 7) is 0. The highest BCUT2D eigenvalue weighted by atomic mass is 16.5. The van der Waals surface area contributed by atoms with Crippen molar-refractivity contribution in [2.24, 2.45) is 0 Å². The molecule has 0 radical (unpaired) electrons. The zero-order chi connectivity index (χ0) is 19.4.